The number of aliphatic hydroxyl groups is 3. The Morgan fingerprint density at radius 1 is 1.03 bits per heavy atom. The summed E-state index contributed by atoms with van der Waals surface area (Å²) in [7, 11) is 0. The Morgan fingerprint density at radius 2 is 1.72 bits per heavy atom. The molecule has 1 fully saturated rings. The maximum Gasteiger partial charge on any atom is 0.303 e. The number of aliphatic hydroxyl groups excluding tert-OH is 3. The van der Waals surface area contributed by atoms with Crippen LogP contribution < -0.4 is 0 Å². The van der Waals surface area contributed by atoms with Gasteiger partial charge in [-0.25, -0.2) is 0 Å². The molecule has 0 bridgehead atoms. The summed E-state index contributed by atoms with van der Waals surface area (Å²) in [5, 5.41) is 41.3. The summed E-state index contributed by atoms with van der Waals surface area (Å²) < 4.78 is 1.17. The van der Waals surface area contributed by atoms with E-state index >= 15 is 0 Å². The van der Waals surface area contributed by atoms with E-state index in [4.69, 9.17) is 5.11 Å². The van der Waals surface area contributed by atoms with E-state index in [1.807, 2.05) is 24.3 Å². The number of fused-ring (bicyclic) bond motifs is 1. The van der Waals surface area contributed by atoms with Gasteiger partial charge in [-0.1, -0.05) is 37.5 Å². The number of aliphatic carboxylic acids is 1. The van der Waals surface area contributed by atoms with E-state index in [2.05, 4.69) is 6.07 Å². The van der Waals surface area contributed by atoms with E-state index in [1.165, 1.54) is 4.70 Å². The van der Waals surface area contributed by atoms with Gasteiger partial charge in [-0.05, 0) is 61.5 Å². The van der Waals surface area contributed by atoms with E-state index < -0.39 is 24.3 Å². The number of thiophene rings is 1. The van der Waals surface area contributed by atoms with Gasteiger partial charge in [-0.2, -0.15) is 0 Å². The van der Waals surface area contributed by atoms with Gasteiger partial charge in [-0.15, -0.1) is 11.3 Å². The summed E-state index contributed by atoms with van der Waals surface area (Å²) in [4.78, 5) is 11.5. The van der Waals surface area contributed by atoms with Crippen molar-refractivity contribution in [2.24, 2.45) is 11.8 Å². The lowest BCUT2D eigenvalue weighted by Gasteiger charge is -2.24. The molecule has 0 spiro atoms. The second kappa shape index (κ2) is 10.5. The fourth-order valence-electron chi connectivity index (χ4n) is 4.65. The van der Waals surface area contributed by atoms with Crippen molar-refractivity contribution in [3.05, 3.63) is 35.2 Å². The van der Waals surface area contributed by atoms with Crippen molar-refractivity contribution in [2.45, 2.75) is 76.1 Å². The van der Waals surface area contributed by atoms with Gasteiger partial charge in [-0.3, -0.25) is 4.79 Å². The molecule has 0 aliphatic heterocycles. The van der Waals surface area contributed by atoms with Gasteiger partial charge in [0, 0.05) is 16.0 Å². The first-order chi connectivity index (χ1) is 14.0. The third-order valence-electron chi connectivity index (χ3n) is 6.25. The molecular weight excluding hydrogens is 388 g/mol. The molecule has 5 atom stereocenters. The van der Waals surface area contributed by atoms with Crippen LogP contribution in [0.5, 0.6) is 0 Å². The molecule has 160 valence electrons. The third kappa shape index (κ3) is 6.01. The molecule has 0 radical (unpaired) electrons. The molecule has 1 aliphatic rings. The fourth-order valence-corrected chi connectivity index (χ4v) is 5.73. The number of rotatable bonds is 11. The quantitative estimate of drug-likeness (QED) is 0.401. The van der Waals surface area contributed by atoms with Crippen LogP contribution in [0.25, 0.3) is 10.1 Å². The SMILES string of the molecule is O=C(O)CCCCCC[C@@H]1[C@@H](CC[C@@H](O)c2cc3ccccc3s2)[C@H](O)C[C@H]1O. The molecule has 2 aromatic rings. The molecular formula is C23H32O5S. The largest absolute Gasteiger partial charge is 0.481 e. The average Bonchev–Trinajstić information content (AvgIpc) is 3.23. The monoisotopic (exact) mass is 420 g/mol. The Hall–Kier alpha value is -1.47. The van der Waals surface area contributed by atoms with Gasteiger partial charge in [0.1, 0.15) is 0 Å². The van der Waals surface area contributed by atoms with E-state index in [0.29, 0.717) is 25.7 Å². The van der Waals surface area contributed by atoms with Crippen LogP contribution in [-0.4, -0.2) is 38.6 Å². The van der Waals surface area contributed by atoms with Crippen LogP contribution in [-0.2, 0) is 4.79 Å². The highest BCUT2D eigenvalue weighted by Crippen LogP contribution is 2.41. The Bertz CT molecular complexity index is 755. The van der Waals surface area contributed by atoms with Crippen molar-refractivity contribution in [3.63, 3.8) is 0 Å². The number of hydrogen-bond donors (Lipinski definition) is 4. The highest BCUT2D eigenvalue weighted by atomic mass is 32.1. The number of carbonyl (C=O) groups is 1. The van der Waals surface area contributed by atoms with Crippen molar-refractivity contribution < 1.29 is 25.2 Å². The Kier molecular flexibility index (Phi) is 8.07. The molecule has 0 saturated heterocycles. The van der Waals surface area contributed by atoms with Crippen LogP contribution in [0.2, 0.25) is 0 Å². The van der Waals surface area contributed by atoms with E-state index in [0.717, 1.165) is 35.9 Å². The first kappa shape index (κ1) is 22.2. The van der Waals surface area contributed by atoms with Gasteiger partial charge in [0.25, 0.3) is 0 Å². The summed E-state index contributed by atoms with van der Waals surface area (Å²) in [6, 6.07) is 10.1. The smallest absolute Gasteiger partial charge is 0.303 e. The van der Waals surface area contributed by atoms with Crippen molar-refractivity contribution in [3.8, 4) is 0 Å². The summed E-state index contributed by atoms with van der Waals surface area (Å²) in [6.45, 7) is 0. The first-order valence-electron chi connectivity index (χ1n) is 10.7. The van der Waals surface area contributed by atoms with Crippen molar-refractivity contribution in [1.82, 2.24) is 0 Å². The van der Waals surface area contributed by atoms with Gasteiger partial charge in [0.15, 0.2) is 0 Å². The zero-order valence-corrected chi connectivity index (χ0v) is 17.6. The second-order valence-corrected chi connectivity index (χ2v) is 9.44. The lowest BCUT2D eigenvalue weighted by atomic mass is 9.84. The molecule has 4 N–H and O–H groups in total. The van der Waals surface area contributed by atoms with Crippen molar-refractivity contribution in [1.29, 1.82) is 0 Å². The van der Waals surface area contributed by atoms with Crippen LogP contribution in [0.15, 0.2) is 30.3 Å². The molecule has 1 saturated carbocycles. The molecule has 5 nitrogen and oxygen atoms in total. The molecule has 0 unspecified atom stereocenters. The summed E-state index contributed by atoms with van der Waals surface area (Å²) in [5.74, 6) is -0.691. The highest BCUT2D eigenvalue weighted by Gasteiger charge is 2.40. The Balaban J connectivity index is 1.48. The molecule has 0 amide bonds. The van der Waals surface area contributed by atoms with E-state index in [1.54, 1.807) is 11.3 Å². The van der Waals surface area contributed by atoms with Gasteiger partial charge >= 0.3 is 5.97 Å². The standard InChI is InChI=1S/C23H32O5S/c24-18(22-13-15-7-5-6-9-21(15)29-22)12-11-17-16(19(25)14-20(17)26)8-3-1-2-4-10-23(27)28/h5-7,9,13,16-20,24-26H,1-4,8,10-12,14H2,(H,27,28)/t16-,17-,18-,19-,20-/m1/s1. The Labute approximate surface area is 176 Å². The van der Waals surface area contributed by atoms with Gasteiger partial charge < -0.3 is 20.4 Å². The minimum atomic E-state index is -0.753. The highest BCUT2D eigenvalue weighted by molar-refractivity contribution is 7.19. The number of benzene rings is 1. The fraction of sp³-hybridized carbons (Fsp3) is 0.609. The minimum absolute atomic E-state index is 0.00745. The molecule has 6 heteroatoms. The maximum absolute atomic E-state index is 10.7. The predicted molar refractivity (Wildman–Crippen MR) is 115 cm³/mol. The third-order valence-corrected chi connectivity index (χ3v) is 7.46. The molecule has 1 aliphatic carbocycles. The summed E-state index contributed by atoms with van der Waals surface area (Å²) in [6.07, 6.45) is 4.64. The lowest BCUT2D eigenvalue weighted by Crippen LogP contribution is -2.23. The zero-order chi connectivity index (χ0) is 20.8. The van der Waals surface area contributed by atoms with Crippen LogP contribution in [0, 0.1) is 11.8 Å². The van der Waals surface area contributed by atoms with Crippen molar-refractivity contribution in [2.75, 3.05) is 0 Å². The first-order valence-corrected chi connectivity index (χ1v) is 11.5. The van der Waals surface area contributed by atoms with Gasteiger partial charge in [0.2, 0.25) is 0 Å². The number of carboxylic acids is 1. The van der Waals surface area contributed by atoms with Crippen LogP contribution >= 0.6 is 11.3 Å². The molecule has 1 heterocycles. The van der Waals surface area contributed by atoms with Crippen molar-refractivity contribution >= 4 is 27.4 Å². The van der Waals surface area contributed by atoms with Crippen LogP contribution in [0.3, 0.4) is 0 Å². The normalized spacial score (nSPS) is 25.5. The van der Waals surface area contributed by atoms with Gasteiger partial charge in [0.05, 0.1) is 18.3 Å². The number of carboxylic acid groups (broad SMARTS) is 1. The second-order valence-electron chi connectivity index (χ2n) is 8.32. The topological polar surface area (TPSA) is 98.0 Å². The van der Waals surface area contributed by atoms with E-state index in [9.17, 15) is 20.1 Å². The zero-order valence-electron chi connectivity index (χ0n) is 16.7. The maximum atomic E-state index is 10.7. The summed E-state index contributed by atoms with van der Waals surface area (Å²) in [5.41, 5.74) is 0. The molecule has 1 aromatic heterocycles. The van der Waals surface area contributed by atoms with E-state index in [-0.39, 0.29) is 18.3 Å². The lowest BCUT2D eigenvalue weighted by molar-refractivity contribution is -0.137. The number of hydrogen-bond acceptors (Lipinski definition) is 5. The molecule has 3 rings (SSSR count). The predicted octanol–water partition coefficient (Wildman–Crippen LogP) is 4.50. The summed E-state index contributed by atoms with van der Waals surface area (Å²) >= 11 is 1.61. The molecule has 1 aromatic carbocycles. The van der Waals surface area contributed by atoms with Crippen LogP contribution in [0.1, 0.15) is 68.8 Å². The Morgan fingerprint density at radius 3 is 2.45 bits per heavy atom. The minimum Gasteiger partial charge on any atom is -0.481 e. The number of unbranched alkanes of at least 4 members (excludes halogenated alkanes) is 3. The molecule has 29 heavy (non-hydrogen) atoms. The average molecular weight is 421 g/mol. The van der Waals surface area contributed by atoms with Crippen LogP contribution in [0.4, 0.5) is 0 Å².